The molecule has 2 N–H and O–H groups in total. The van der Waals surface area contributed by atoms with E-state index in [9.17, 15) is 0 Å². The molecule has 0 spiro atoms. The summed E-state index contributed by atoms with van der Waals surface area (Å²) < 4.78 is 6.04. The lowest BCUT2D eigenvalue weighted by Gasteiger charge is -2.38. The van der Waals surface area contributed by atoms with Gasteiger partial charge in [-0.15, -0.1) is 10.2 Å². The number of para-hydroxylation sites is 3. The first kappa shape index (κ1) is 20.0. The summed E-state index contributed by atoms with van der Waals surface area (Å²) in [6.45, 7) is 4.38. The summed E-state index contributed by atoms with van der Waals surface area (Å²) in [6, 6.07) is 18.3. The third-order valence-corrected chi connectivity index (χ3v) is 5.37. The number of allylic oxidation sites excluding steroid dienone is 1. The highest BCUT2D eigenvalue weighted by molar-refractivity contribution is 6.00. The van der Waals surface area contributed by atoms with Crippen molar-refractivity contribution in [3.63, 3.8) is 0 Å². The summed E-state index contributed by atoms with van der Waals surface area (Å²) in [6.07, 6.45) is 6.50. The van der Waals surface area contributed by atoms with Crippen LogP contribution in [0.3, 0.4) is 0 Å². The first-order valence-corrected chi connectivity index (χ1v) is 10.8. The van der Waals surface area contributed by atoms with E-state index in [-0.39, 0.29) is 0 Å². The number of hydrazine groups is 1. The molecule has 6 nitrogen and oxygen atoms in total. The van der Waals surface area contributed by atoms with Crippen LogP contribution in [0.1, 0.15) is 52.4 Å². The molecule has 1 aromatic heterocycles. The van der Waals surface area contributed by atoms with E-state index in [0.717, 1.165) is 47.3 Å². The SMILES string of the molecule is CCCCCCC1=C(CC)N(c2ccccc2)N(c2nc3ccccc3o2)N=C1N. The van der Waals surface area contributed by atoms with Crippen LogP contribution in [0.2, 0.25) is 0 Å². The van der Waals surface area contributed by atoms with Crippen LogP contribution in [0.4, 0.5) is 11.7 Å². The number of nitrogens with zero attached hydrogens (tertiary/aromatic N) is 4. The molecule has 2 aromatic carbocycles. The number of aromatic nitrogens is 1. The molecule has 0 unspecified atom stereocenters. The van der Waals surface area contributed by atoms with Crippen LogP contribution >= 0.6 is 0 Å². The molecule has 1 aliphatic heterocycles. The Bertz CT molecular complexity index is 1020. The zero-order chi connectivity index (χ0) is 20.9. The maximum absolute atomic E-state index is 6.48. The number of fused-ring (bicyclic) bond motifs is 1. The lowest BCUT2D eigenvalue weighted by Crippen LogP contribution is -2.45. The van der Waals surface area contributed by atoms with Crippen LogP contribution in [0.5, 0.6) is 0 Å². The van der Waals surface area contributed by atoms with Gasteiger partial charge in [0.15, 0.2) is 11.4 Å². The van der Waals surface area contributed by atoms with Crippen molar-refractivity contribution >= 4 is 28.6 Å². The van der Waals surface area contributed by atoms with E-state index < -0.39 is 0 Å². The first-order valence-electron chi connectivity index (χ1n) is 10.8. The average Bonchev–Trinajstić information content (AvgIpc) is 3.21. The number of oxazole rings is 1. The minimum Gasteiger partial charge on any atom is -0.421 e. The Balaban J connectivity index is 1.77. The number of hydrazone groups is 1. The van der Waals surface area contributed by atoms with Crippen molar-refractivity contribution in [1.29, 1.82) is 0 Å². The van der Waals surface area contributed by atoms with Crippen LogP contribution < -0.4 is 15.9 Å². The van der Waals surface area contributed by atoms with Crippen LogP contribution in [0.25, 0.3) is 11.1 Å². The Labute approximate surface area is 177 Å². The van der Waals surface area contributed by atoms with E-state index in [0.29, 0.717) is 11.9 Å². The molecule has 1 aliphatic rings. The average molecular weight is 404 g/mol. The molecule has 4 rings (SSSR count). The maximum atomic E-state index is 6.48. The van der Waals surface area contributed by atoms with Crippen molar-refractivity contribution < 1.29 is 4.42 Å². The van der Waals surface area contributed by atoms with E-state index >= 15 is 0 Å². The molecule has 2 heterocycles. The highest BCUT2D eigenvalue weighted by Crippen LogP contribution is 2.35. The van der Waals surface area contributed by atoms with E-state index in [1.807, 2.05) is 42.5 Å². The predicted molar refractivity (Wildman–Crippen MR) is 123 cm³/mol. The standard InChI is InChI=1S/C24H29N5O/c1-3-5-6-10-15-19-21(4-2)28(18-13-8-7-9-14-18)29(27-23(19)25)24-26-20-16-11-12-17-22(20)30-24/h7-9,11-14,16-17H,3-6,10,15H2,1-2H3,(H2,25,27). The van der Waals surface area contributed by atoms with Gasteiger partial charge >= 0.3 is 6.01 Å². The summed E-state index contributed by atoms with van der Waals surface area (Å²) in [5.74, 6) is 0.540. The number of nitrogens with two attached hydrogens (primary N) is 1. The molecule has 0 saturated heterocycles. The van der Waals surface area contributed by atoms with Gasteiger partial charge in [-0.3, -0.25) is 0 Å². The molecule has 0 radical (unpaired) electrons. The number of hydrogen-bond donors (Lipinski definition) is 1. The third kappa shape index (κ3) is 3.90. The molecule has 0 bridgehead atoms. The molecule has 0 atom stereocenters. The minimum atomic E-state index is 0.402. The fraction of sp³-hybridized carbons (Fsp3) is 0.333. The lowest BCUT2D eigenvalue weighted by atomic mass is 10.0. The normalized spacial score (nSPS) is 14.5. The molecule has 6 heteroatoms. The Morgan fingerprint density at radius 3 is 2.43 bits per heavy atom. The summed E-state index contributed by atoms with van der Waals surface area (Å²) in [5.41, 5.74) is 11.2. The van der Waals surface area contributed by atoms with Crippen molar-refractivity contribution in [3.05, 3.63) is 65.9 Å². The number of unbranched alkanes of at least 4 members (excludes halogenated alkanes) is 3. The molecular formula is C24H29N5O. The zero-order valence-electron chi connectivity index (χ0n) is 17.7. The van der Waals surface area contributed by atoms with Crippen LogP contribution in [0.15, 0.2) is 75.4 Å². The van der Waals surface area contributed by atoms with Gasteiger partial charge in [0.2, 0.25) is 0 Å². The van der Waals surface area contributed by atoms with Gasteiger partial charge < -0.3 is 10.2 Å². The molecule has 30 heavy (non-hydrogen) atoms. The highest BCUT2D eigenvalue weighted by Gasteiger charge is 2.31. The van der Waals surface area contributed by atoms with E-state index in [1.54, 1.807) is 5.12 Å². The molecule has 0 amide bonds. The summed E-state index contributed by atoms with van der Waals surface area (Å²) in [5, 5.41) is 8.50. The zero-order valence-corrected chi connectivity index (χ0v) is 17.7. The van der Waals surface area contributed by atoms with Gasteiger partial charge in [-0.05, 0) is 43.5 Å². The van der Waals surface area contributed by atoms with E-state index in [4.69, 9.17) is 15.3 Å². The van der Waals surface area contributed by atoms with Gasteiger partial charge in [-0.1, -0.05) is 63.4 Å². The van der Waals surface area contributed by atoms with Gasteiger partial charge in [0.1, 0.15) is 5.52 Å². The van der Waals surface area contributed by atoms with Crippen molar-refractivity contribution in [2.75, 3.05) is 10.1 Å². The topological polar surface area (TPSA) is 70.9 Å². The third-order valence-electron chi connectivity index (χ3n) is 5.37. The second-order valence-electron chi connectivity index (χ2n) is 7.48. The van der Waals surface area contributed by atoms with Crippen molar-refractivity contribution in [2.24, 2.45) is 10.8 Å². The summed E-state index contributed by atoms with van der Waals surface area (Å²) >= 11 is 0. The largest absolute Gasteiger partial charge is 0.421 e. The van der Waals surface area contributed by atoms with Gasteiger partial charge in [0, 0.05) is 11.3 Å². The number of amidine groups is 1. The molecular weight excluding hydrogens is 374 g/mol. The Hall–Kier alpha value is -3.28. The second kappa shape index (κ2) is 9.03. The van der Waals surface area contributed by atoms with Crippen LogP contribution in [-0.4, -0.2) is 10.8 Å². The minimum absolute atomic E-state index is 0.402. The molecule has 0 fully saturated rings. The van der Waals surface area contributed by atoms with Crippen molar-refractivity contribution in [1.82, 2.24) is 4.98 Å². The van der Waals surface area contributed by atoms with Crippen LogP contribution in [-0.2, 0) is 0 Å². The monoisotopic (exact) mass is 403 g/mol. The second-order valence-corrected chi connectivity index (χ2v) is 7.48. The summed E-state index contributed by atoms with van der Waals surface area (Å²) in [7, 11) is 0. The fourth-order valence-electron chi connectivity index (χ4n) is 3.87. The Morgan fingerprint density at radius 2 is 1.70 bits per heavy atom. The van der Waals surface area contributed by atoms with Gasteiger partial charge in [0.25, 0.3) is 0 Å². The Kier molecular flexibility index (Phi) is 6.02. The molecule has 3 aromatic rings. The highest BCUT2D eigenvalue weighted by atomic mass is 16.4. The predicted octanol–water partition coefficient (Wildman–Crippen LogP) is 5.98. The lowest BCUT2D eigenvalue weighted by molar-refractivity contribution is 0.562. The molecule has 156 valence electrons. The van der Waals surface area contributed by atoms with E-state index in [1.165, 1.54) is 19.3 Å². The number of hydrogen-bond acceptors (Lipinski definition) is 6. The number of benzene rings is 2. The van der Waals surface area contributed by atoms with Crippen molar-refractivity contribution in [3.8, 4) is 0 Å². The van der Waals surface area contributed by atoms with Gasteiger partial charge in [0.05, 0.1) is 5.69 Å². The smallest absolute Gasteiger partial charge is 0.340 e. The maximum Gasteiger partial charge on any atom is 0.340 e. The summed E-state index contributed by atoms with van der Waals surface area (Å²) in [4.78, 5) is 4.66. The first-order chi connectivity index (χ1) is 14.7. The van der Waals surface area contributed by atoms with Crippen molar-refractivity contribution in [2.45, 2.75) is 52.4 Å². The quantitative estimate of drug-likeness (QED) is 0.469. The fourth-order valence-corrected chi connectivity index (χ4v) is 3.87. The van der Waals surface area contributed by atoms with Gasteiger partial charge in [-0.2, -0.15) is 4.98 Å². The Morgan fingerprint density at radius 1 is 0.933 bits per heavy atom. The number of rotatable bonds is 8. The van der Waals surface area contributed by atoms with Crippen LogP contribution in [0, 0.1) is 0 Å². The molecule has 0 saturated carbocycles. The van der Waals surface area contributed by atoms with E-state index in [2.05, 4.69) is 36.0 Å². The number of anilines is 2. The molecule has 0 aliphatic carbocycles. The van der Waals surface area contributed by atoms with Gasteiger partial charge in [-0.25, -0.2) is 5.01 Å².